The van der Waals surface area contributed by atoms with E-state index in [-0.39, 0.29) is 11.9 Å². The molecule has 96 valence electrons. The number of fused-ring (bicyclic) bond motifs is 1. The predicted octanol–water partition coefficient (Wildman–Crippen LogP) is 2.80. The average molecular weight is 252 g/mol. The zero-order chi connectivity index (χ0) is 13.7. The van der Waals surface area contributed by atoms with Gasteiger partial charge in [0.1, 0.15) is 0 Å². The summed E-state index contributed by atoms with van der Waals surface area (Å²) in [5, 5.41) is 13.7. The number of amides is 1. The monoisotopic (exact) mass is 252 g/mol. The van der Waals surface area contributed by atoms with Crippen LogP contribution in [0.5, 0.6) is 0 Å². The predicted molar refractivity (Wildman–Crippen MR) is 75.5 cm³/mol. The Balaban J connectivity index is 2.13. The number of nitrogens with zero attached hydrogens (tertiary/aromatic N) is 1. The Morgan fingerprint density at radius 2 is 2.00 bits per heavy atom. The van der Waals surface area contributed by atoms with Crippen LogP contribution < -0.4 is 5.32 Å². The molecule has 1 unspecified atom stereocenters. The van der Waals surface area contributed by atoms with Crippen LogP contribution in [-0.4, -0.2) is 11.9 Å². The van der Waals surface area contributed by atoms with Gasteiger partial charge >= 0.3 is 0 Å². The van der Waals surface area contributed by atoms with E-state index in [0.717, 1.165) is 16.3 Å². The van der Waals surface area contributed by atoms with Crippen LogP contribution in [0.1, 0.15) is 18.9 Å². The minimum Gasteiger partial charge on any atom is -0.352 e. The molecule has 0 radical (unpaired) electrons. The second-order valence-corrected chi connectivity index (χ2v) is 4.65. The molecule has 2 aromatic rings. The lowest BCUT2D eigenvalue weighted by Crippen LogP contribution is -2.33. The molecular formula is C16H16N2O. The minimum atomic E-state index is -0.104. The molecule has 19 heavy (non-hydrogen) atoms. The highest BCUT2D eigenvalue weighted by Gasteiger charge is 2.09. The van der Waals surface area contributed by atoms with E-state index in [9.17, 15) is 4.79 Å². The molecule has 0 aliphatic rings. The molecule has 0 fully saturated rings. The van der Waals surface area contributed by atoms with Crippen LogP contribution >= 0.6 is 0 Å². The van der Waals surface area contributed by atoms with E-state index in [4.69, 9.17) is 5.26 Å². The van der Waals surface area contributed by atoms with Gasteiger partial charge in [0.15, 0.2) is 0 Å². The molecule has 0 aliphatic carbocycles. The molecule has 1 amide bonds. The SMILES string of the molecule is CC(CC#N)NC(=O)Cc1cccc2ccccc12. The highest BCUT2D eigenvalue weighted by atomic mass is 16.1. The number of nitriles is 1. The van der Waals surface area contributed by atoms with Crippen molar-refractivity contribution in [3.05, 3.63) is 48.0 Å². The summed E-state index contributed by atoms with van der Waals surface area (Å²) < 4.78 is 0. The first kappa shape index (κ1) is 13.1. The largest absolute Gasteiger partial charge is 0.352 e. The second-order valence-electron chi connectivity index (χ2n) is 4.65. The van der Waals surface area contributed by atoms with Gasteiger partial charge in [-0.15, -0.1) is 0 Å². The van der Waals surface area contributed by atoms with Crippen molar-refractivity contribution >= 4 is 16.7 Å². The quantitative estimate of drug-likeness (QED) is 0.909. The molecule has 0 aromatic heterocycles. The molecule has 0 spiro atoms. The molecule has 0 bridgehead atoms. The van der Waals surface area contributed by atoms with Gasteiger partial charge < -0.3 is 5.32 Å². The molecule has 0 heterocycles. The summed E-state index contributed by atoms with van der Waals surface area (Å²) in [6.45, 7) is 1.84. The van der Waals surface area contributed by atoms with Crippen molar-refractivity contribution in [2.24, 2.45) is 0 Å². The summed E-state index contributed by atoms with van der Waals surface area (Å²) in [5.41, 5.74) is 1.01. The van der Waals surface area contributed by atoms with Crippen molar-refractivity contribution in [1.29, 1.82) is 5.26 Å². The maximum atomic E-state index is 11.9. The first-order valence-electron chi connectivity index (χ1n) is 6.33. The summed E-state index contributed by atoms with van der Waals surface area (Å²) in [7, 11) is 0. The van der Waals surface area contributed by atoms with Gasteiger partial charge in [0.05, 0.1) is 18.9 Å². The number of rotatable bonds is 4. The summed E-state index contributed by atoms with van der Waals surface area (Å²) in [6.07, 6.45) is 0.679. The first-order valence-corrected chi connectivity index (χ1v) is 6.33. The normalized spacial score (nSPS) is 11.8. The van der Waals surface area contributed by atoms with Gasteiger partial charge in [0.25, 0.3) is 0 Å². The Morgan fingerprint density at radius 1 is 1.26 bits per heavy atom. The molecule has 0 saturated carbocycles. The molecular weight excluding hydrogens is 236 g/mol. The number of carbonyl (C=O) groups excluding carboxylic acids is 1. The summed E-state index contributed by atoms with van der Waals surface area (Å²) in [4.78, 5) is 11.9. The fraction of sp³-hybridized carbons (Fsp3) is 0.250. The lowest BCUT2D eigenvalue weighted by molar-refractivity contribution is -0.120. The second kappa shape index (κ2) is 6.01. The zero-order valence-corrected chi connectivity index (χ0v) is 10.9. The van der Waals surface area contributed by atoms with Gasteiger partial charge in [0, 0.05) is 6.04 Å². The van der Waals surface area contributed by atoms with Crippen LogP contribution in [0.25, 0.3) is 10.8 Å². The minimum absolute atomic E-state index is 0.0425. The molecule has 3 heteroatoms. The van der Waals surface area contributed by atoms with Gasteiger partial charge in [0.2, 0.25) is 5.91 Å². The molecule has 1 N–H and O–H groups in total. The molecule has 1 atom stereocenters. The van der Waals surface area contributed by atoms with Gasteiger partial charge in [-0.05, 0) is 23.3 Å². The van der Waals surface area contributed by atoms with Crippen molar-refractivity contribution in [2.45, 2.75) is 25.8 Å². The summed E-state index contributed by atoms with van der Waals surface area (Å²) in [5.74, 6) is -0.0425. The lowest BCUT2D eigenvalue weighted by atomic mass is 10.0. The average Bonchev–Trinajstić information content (AvgIpc) is 2.39. The summed E-state index contributed by atoms with van der Waals surface area (Å²) >= 11 is 0. The number of carbonyl (C=O) groups is 1. The Hall–Kier alpha value is -2.34. The van der Waals surface area contributed by atoms with Gasteiger partial charge in [-0.2, -0.15) is 5.26 Å². The smallest absolute Gasteiger partial charge is 0.224 e. The molecule has 2 rings (SSSR count). The molecule has 0 saturated heterocycles. The molecule has 3 nitrogen and oxygen atoms in total. The molecule has 2 aromatic carbocycles. The Labute approximate surface area is 112 Å². The van der Waals surface area contributed by atoms with Crippen molar-refractivity contribution in [1.82, 2.24) is 5.32 Å². The van der Waals surface area contributed by atoms with Crippen molar-refractivity contribution in [3.63, 3.8) is 0 Å². The van der Waals surface area contributed by atoms with Crippen molar-refractivity contribution < 1.29 is 4.79 Å². The van der Waals surface area contributed by atoms with E-state index in [0.29, 0.717) is 12.8 Å². The Morgan fingerprint density at radius 3 is 2.79 bits per heavy atom. The fourth-order valence-corrected chi connectivity index (χ4v) is 2.13. The van der Waals surface area contributed by atoms with Crippen molar-refractivity contribution in [2.75, 3.05) is 0 Å². The van der Waals surface area contributed by atoms with Crippen molar-refractivity contribution in [3.8, 4) is 6.07 Å². The van der Waals surface area contributed by atoms with E-state index in [1.54, 1.807) is 0 Å². The van der Waals surface area contributed by atoms with E-state index < -0.39 is 0 Å². The molecule has 0 aliphatic heterocycles. The number of hydrogen-bond acceptors (Lipinski definition) is 2. The summed E-state index contributed by atoms with van der Waals surface area (Å²) in [6, 6.07) is 15.9. The standard InChI is InChI=1S/C16H16N2O/c1-12(9-10-17)18-16(19)11-14-7-4-6-13-5-2-3-8-15(13)14/h2-8,12H,9,11H2,1H3,(H,18,19). The van der Waals surface area contributed by atoms with Gasteiger partial charge in [-0.1, -0.05) is 42.5 Å². The number of nitrogens with one attached hydrogen (secondary N) is 1. The first-order chi connectivity index (χ1) is 9.20. The highest BCUT2D eigenvalue weighted by molar-refractivity contribution is 5.90. The van der Waals surface area contributed by atoms with Gasteiger partial charge in [-0.25, -0.2) is 0 Å². The zero-order valence-electron chi connectivity index (χ0n) is 10.9. The van der Waals surface area contributed by atoms with Crippen LogP contribution in [0.15, 0.2) is 42.5 Å². The Bertz CT molecular complexity index is 623. The third-order valence-corrected chi connectivity index (χ3v) is 3.04. The van der Waals surface area contributed by atoms with Crippen LogP contribution in [-0.2, 0) is 11.2 Å². The highest BCUT2D eigenvalue weighted by Crippen LogP contribution is 2.18. The van der Waals surface area contributed by atoms with E-state index in [1.807, 2.05) is 49.4 Å². The van der Waals surface area contributed by atoms with E-state index >= 15 is 0 Å². The van der Waals surface area contributed by atoms with Crippen LogP contribution in [0.3, 0.4) is 0 Å². The van der Waals surface area contributed by atoms with E-state index in [2.05, 4.69) is 11.4 Å². The lowest BCUT2D eigenvalue weighted by Gasteiger charge is -2.11. The Kier molecular flexibility index (Phi) is 4.15. The number of benzene rings is 2. The topological polar surface area (TPSA) is 52.9 Å². The number of hydrogen-bond donors (Lipinski definition) is 1. The maximum absolute atomic E-state index is 11.9. The third-order valence-electron chi connectivity index (χ3n) is 3.04. The maximum Gasteiger partial charge on any atom is 0.224 e. The van der Waals surface area contributed by atoms with Crippen LogP contribution in [0.2, 0.25) is 0 Å². The van der Waals surface area contributed by atoms with E-state index in [1.165, 1.54) is 0 Å². The third kappa shape index (κ3) is 3.32. The van der Waals surface area contributed by atoms with Crippen LogP contribution in [0.4, 0.5) is 0 Å². The van der Waals surface area contributed by atoms with Crippen LogP contribution in [0, 0.1) is 11.3 Å². The fourth-order valence-electron chi connectivity index (χ4n) is 2.13. The van der Waals surface area contributed by atoms with Gasteiger partial charge in [-0.3, -0.25) is 4.79 Å².